The molecule has 0 spiro atoms. The van der Waals surface area contributed by atoms with Crippen LogP contribution in [0.25, 0.3) is 36.5 Å². The highest BCUT2D eigenvalue weighted by molar-refractivity contribution is 5.81. The van der Waals surface area contributed by atoms with Gasteiger partial charge in [0, 0.05) is 287 Å². The first-order chi connectivity index (χ1) is 56.3. The summed E-state index contributed by atoms with van der Waals surface area (Å²) in [4.78, 5) is 128. The first kappa shape index (κ1) is 99.1. The van der Waals surface area contributed by atoms with Crippen molar-refractivity contribution in [3.8, 4) is 0 Å². The van der Waals surface area contributed by atoms with Gasteiger partial charge in [0.05, 0.1) is 0 Å². The SMILES string of the molecule is CCNC(=O)CCN(CCC(=O)NCCN)CCN(CCC(=O)NCCN)Cc1ccc(/C=C/c2cc(/C=C/c3ccc(CN(CCC(=O)NCCN)CCN(CCC(=O)NCCN)CCC(=O)NCCN)cc3)cc(/C=C/c3ccc(CN(CCC(=O)NCCN)CCN(CCC(=O)NCCN)CCC(=O)NCCN)cc3)c2)cc1. The van der Waals surface area contributed by atoms with E-state index in [4.69, 9.17) is 45.9 Å². The molecule has 0 aromatic heterocycles. The van der Waals surface area contributed by atoms with Crippen LogP contribution < -0.4 is 93.7 Å². The number of hydrogen-bond acceptors (Lipinski definition) is 23. The lowest BCUT2D eigenvalue weighted by molar-refractivity contribution is -0.123. The quantitative estimate of drug-likeness (QED) is 0.0230. The van der Waals surface area contributed by atoms with Crippen LogP contribution in [0.4, 0.5) is 0 Å². The minimum atomic E-state index is -0.124. The van der Waals surface area contributed by atoms with Gasteiger partial charge < -0.3 is 108 Å². The van der Waals surface area contributed by atoms with Crippen LogP contribution >= 0.6 is 0 Å². The van der Waals surface area contributed by atoms with Crippen LogP contribution in [0.3, 0.4) is 0 Å². The van der Waals surface area contributed by atoms with Gasteiger partial charge in [-0.3, -0.25) is 57.9 Å². The Labute approximate surface area is 687 Å². The molecule has 0 atom stereocenters. The molecular weight excluding hydrogens is 1480 g/mol. The summed E-state index contributed by atoms with van der Waals surface area (Å²) in [5.74, 6) is -0.981. The molecule has 0 unspecified atom stereocenters. The van der Waals surface area contributed by atoms with Crippen molar-refractivity contribution in [3.63, 3.8) is 0 Å². The number of carbonyl (C=O) groups excluding carboxylic acids is 9. The third kappa shape index (κ3) is 47.1. The van der Waals surface area contributed by atoms with E-state index in [1.165, 1.54) is 0 Å². The lowest BCUT2D eigenvalue weighted by Gasteiger charge is -2.28. The number of carbonyl (C=O) groups is 9. The molecule has 4 aromatic rings. The minimum absolute atomic E-state index is 0.0636. The molecule has 32 nitrogen and oxygen atoms in total. The fourth-order valence-corrected chi connectivity index (χ4v) is 12.2. The molecule has 4 rings (SSSR count). The van der Waals surface area contributed by atoms with E-state index in [9.17, 15) is 43.2 Å². The van der Waals surface area contributed by atoms with Crippen molar-refractivity contribution in [2.45, 2.75) is 84.3 Å². The molecule has 642 valence electrons. The molecule has 32 heteroatoms. The van der Waals surface area contributed by atoms with E-state index in [0.29, 0.717) is 229 Å². The lowest BCUT2D eigenvalue weighted by Crippen LogP contribution is -2.40. The standard InChI is InChI=1S/C84H137N23O9/c1-2-93-76(108)21-46-102(47-22-77(109)94-38-30-85)55-58-105(52-27-82(114)99-43-35-90)64-70-12-3-67(4-13-70)9-18-73-61-74(19-10-68-5-14-71(15-6-68)65-106(53-28-83(115)100-44-36-91)59-56-103(48-23-78(110)95-39-31-86)49-24-79(111)96-40-32-87)63-75(62-73)20-11-69-7-16-72(17-8-69)66-107(54-29-84(116)101-45-37-92)60-57-104(50-25-80(112)97-41-33-88)51-26-81(113)98-42-34-89/h3-20,61-63H,2,21-60,64-66,85-92H2,1H3,(H,93,108)(H,94,109)(H,95,110)(H,96,111)(H,97,112)(H,98,113)(H,99,114)(H,100,115)(H,101,116)/b18-9+,19-10+,20-11+. The normalized spacial score (nSPS) is 11.6. The largest absolute Gasteiger partial charge is 0.356 e. The maximum atomic E-state index is 12.9. The highest BCUT2D eigenvalue weighted by Crippen LogP contribution is 2.21. The molecule has 0 saturated heterocycles. The maximum absolute atomic E-state index is 12.9. The average Bonchev–Trinajstić information content (AvgIpc) is 0.851. The minimum Gasteiger partial charge on any atom is -0.356 e. The van der Waals surface area contributed by atoms with Gasteiger partial charge in [0.1, 0.15) is 0 Å². The molecule has 0 aliphatic heterocycles. The first-order valence-corrected chi connectivity index (χ1v) is 41.1. The fraction of sp³-hybridized carbons (Fsp3) is 0.536. The molecule has 0 heterocycles. The second-order valence-electron chi connectivity index (χ2n) is 28.3. The molecule has 0 aliphatic rings. The zero-order chi connectivity index (χ0) is 84.2. The monoisotopic (exact) mass is 1610 g/mol. The number of nitrogens with zero attached hydrogens (tertiary/aromatic N) is 6. The Hall–Kier alpha value is -9.23. The zero-order valence-corrected chi connectivity index (χ0v) is 68.7. The van der Waals surface area contributed by atoms with E-state index in [1.54, 1.807) is 0 Å². The van der Waals surface area contributed by atoms with Crippen molar-refractivity contribution in [2.24, 2.45) is 45.9 Å². The molecule has 0 saturated carbocycles. The van der Waals surface area contributed by atoms with Crippen molar-refractivity contribution in [1.29, 1.82) is 0 Å². The van der Waals surface area contributed by atoms with E-state index in [2.05, 4.69) is 205 Å². The van der Waals surface area contributed by atoms with Crippen LogP contribution in [0, 0.1) is 0 Å². The molecule has 4 aromatic carbocycles. The van der Waals surface area contributed by atoms with Crippen LogP contribution in [0.1, 0.15) is 115 Å². The zero-order valence-electron chi connectivity index (χ0n) is 68.7. The molecule has 116 heavy (non-hydrogen) atoms. The summed E-state index contributed by atoms with van der Waals surface area (Å²) in [5.41, 5.74) is 54.2. The summed E-state index contributed by atoms with van der Waals surface area (Å²) in [6, 6.07) is 31.3. The average molecular weight is 1610 g/mol. The van der Waals surface area contributed by atoms with Gasteiger partial charge in [-0.25, -0.2) is 0 Å². The van der Waals surface area contributed by atoms with E-state index in [-0.39, 0.29) is 111 Å². The van der Waals surface area contributed by atoms with Gasteiger partial charge in [0.25, 0.3) is 0 Å². The molecule has 0 bridgehead atoms. The predicted octanol–water partition coefficient (Wildman–Crippen LogP) is -1.24. The van der Waals surface area contributed by atoms with E-state index in [1.807, 2.05) is 6.92 Å². The number of benzene rings is 4. The van der Waals surface area contributed by atoms with Crippen LogP contribution in [0.15, 0.2) is 91.0 Å². The van der Waals surface area contributed by atoms with Gasteiger partial charge in [-0.15, -0.1) is 0 Å². The van der Waals surface area contributed by atoms with E-state index >= 15 is 0 Å². The summed E-state index contributed by atoms with van der Waals surface area (Å²) < 4.78 is 0. The molecule has 0 radical (unpaired) electrons. The predicted molar refractivity (Wildman–Crippen MR) is 464 cm³/mol. The number of amides is 9. The second-order valence-corrected chi connectivity index (χ2v) is 28.3. The van der Waals surface area contributed by atoms with Gasteiger partial charge in [-0.2, -0.15) is 0 Å². The van der Waals surface area contributed by atoms with Crippen LogP contribution in [0.5, 0.6) is 0 Å². The Morgan fingerprint density at radius 2 is 0.397 bits per heavy atom. The Bertz CT molecular complexity index is 3340. The van der Waals surface area contributed by atoms with E-state index in [0.717, 1.165) is 50.1 Å². The Morgan fingerprint density at radius 3 is 0.578 bits per heavy atom. The Kier molecular flexibility index (Phi) is 53.0. The van der Waals surface area contributed by atoms with Crippen molar-refractivity contribution in [1.82, 2.24) is 77.3 Å². The fourth-order valence-electron chi connectivity index (χ4n) is 12.2. The van der Waals surface area contributed by atoms with Crippen molar-refractivity contribution < 1.29 is 43.2 Å². The van der Waals surface area contributed by atoms with Crippen LogP contribution in [-0.2, 0) is 62.8 Å². The number of hydrogen-bond donors (Lipinski definition) is 17. The van der Waals surface area contributed by atoms with Gasteiger partial charge in [-0.05, 0) is 75.2 Å². The van der Waals surface area contributed by atoms with Crippen LogP contribution in [0.2, 0.25) is 0 Å². The molecule has 25 N–H and O–H groups in total. The van der Waals surface area contributed by atoms with Gasteiger partial charge in [-0.1, -0.05) is 109 Å². The summed E-state index contributed by atoms with van der Waals surface area (Å²) in [6.45, 7) is 17.0. The van der Waals surface area contributed by atoms with Gasteiger partial charge >= 0.3 is 0 Å². The van der Waals surface area contributed by atoms with Crippen molar-refractivity contribution in [3.05, 3.63) is 141 Å². The molecule has 9 amide bonds. The smallest absolute Gasteiger partial charge is 0.221 e. The summed E-state index contributed by atoms with van der Waals surface area (Å²) >= 11 is 0. The van der Waals surface area contributed by atoms with Crippen molar-refractivity contribution >= 4 is 89.6 Å². The maximum Gasteiger partial charge on any atom is 0.221 e. The molecule has 0 aliphatic carbocycles. The third-order valence-corrected chi connectivity index (χ3v) is 18.8. The third-order valence-electron chi connectivity index (χ3n) is 18.8. The second kappa shape index (κ2) is 62.1. The molecule has 0 fully saturated rings. The number of rotatable bonds is 65. The van der Waals surface area contributed by atoms with Crippen LogP contribution in [-0.4, -0.2) is 292 Å². The summed E-state index contributed by atoms with van der Waals surface area (Å²) in [6.07, 6.45) is 14.7. The molecular formula is C84H137N23O9. The summed E-state index contributed by atoms with van der Waals surface area (Å²) in [7, 11) is 0. The van der Waals surface area contributed by atoms with Crippen molar-refractivity contribution in [2.75, 3.05) is 209 Å². The van der Waals surface area contributed by atoms with Gasteiger partial charge in [0.15, 0.2) is 0 Å². The van der Waals surface area contributed by atoms with Gasteiger partial charge in [0.2, 0.25) is 53.2 Å². The summed E-state index contributed by atoms with van der Waals surface area (Å²) in [5, 5.41) is 25.6. The Balaban J connectivity index is 1.70. The number of nitrogens with one attached hydrogen (secondary N) is 9. The highest BCUT2D eigenvalue weighted by atomic mass is 16.2. The lowest BCUT2D eigenvalue weighted by atomic mass is 10.0. The first-order valence-electron chi connectivity index (χ1n) is 41.1. The number of nitrogens with two attached hydrogens (primary N) is 8. The highest BCUT2D eigenvalue weighted by Gasteiger charge is 2.20. The Morgan fingerprint density at radius 1 is 0.233 bits per heavy atom. The van der Waals surface area contributed by atoms with E-state index < -0.39 is 0 Å². The topological polar surface area (TPSA) is 489 Å².